The minimum absolute atomic E-state index is 0. The Morgan fingerprint density at radius 3 is 2.22 bits per heavy atom. The van der Waals surface area contributed by atoms with E-state index in [9.17, 15) is 34.2 Å². The number of esters is 1. The van der Waals surface area contributed by atoms with E-state index in [4.69, 9.17) is 4.74 Å². The van der Waals surface area contributed by atoms with Crippen molar-refractivity contribution in [1.82, 2.24) is 9.80 Å². The maximum atomic E-state index is 14.4. The van der Waals surface area contributed by atoms with Crippen LogP contribution in [0.5, 0.6) is 5.75 Å². The van der Waals surface area contributed by atoms with Crippen molar-refractivity contribution in [2.45, 2.75) is 152 Å². The van der Waals surface area contributed by atoms with Gasteiger partial charge in [-0.3, -0.25) is 28.9 Å². The van der Waals surface area contributed by atoms with Crippen molar-refractivity contribution in [3.63, 3.8) is 0 Å². The summed E-state index contributed by atoms with van der Waals surface area (Å²) in [6, 6.07) is 6.24. The standard InChI is InChI=1S/C49H70N2O8.CH4/c1-30(2)31-16-21-49(26-38(53)50-24-25-51(39(54)29-50)43(58)32-12-10-11-13-34(32)52)23-22-47(8)33(42(31)49)14-15-36-46(7)19-18-37(45(5,6)35(46)17-20-48(36,47)9)59-41(57)28-44(3,4)27-40(55)56;/h10-13,31,33,35-37,42,52H,1,14-29H2,2-9H3,(H,55,56);1H4/t31-,33+,35-,36+,37-,42+,46-,47+,48+,49+;/m0./s1. The summed E-state index contributed by atoms with van der Waals surface area (Å²) in [6.07, 6.45) is 10.5. The molecule has 5 saturated carbocycles. The van der Waals surface area contributed by atoms with Gasteiger partial charge in [-0.05, 0) is 140 Å². The number of hydrogen-bond donors (Lipinski definition) is 2. The number of nitrogens with zero attached hydrogens (tertiary/aromatic N) is 2. The van der Waals surface area contributed by atoms with Gasteiger partial charge in [0.2, 0.25) is 11.8 Å². The van der Waals surface area contributed by atoms with E-state index in [0.717, 1.165) is 64.2 Å². The Morgan fingerprint density at radius 1 is 0.867 bits per heavy atom. The number of rotatable bonds is 9. The average molecular weight is 831 g/mol. The van der Waals surface area contributed by atoms with Crippen LogP contribution in [-0.2, 0) is 23.9 Å². The summed E-state index contributed by atoms with van der Waals surface area (Å²) in [5, 5.41) is 19.6. The number of phenols is 1. The van der Waals surface area contributed by atoms with Gasteiger partial charge in [-0.15, -0.1) is 0 Å². The number of allylic oxidation sites excluding steroid dienone is 1. The number of piperazine rings is 1. The van der Waals surface area contributed by atoms with E-state index >= 15 is 0 Å². The minimum Gasteiger partial charge on any atom is -0.507 e. The third kappa shape index (κ3) is 7.41. The van der Waals surface area contributed by atoms with Crippen LogP contribution in [0.3, 0.4) is 0 Å². The molecule has 0 bridgehead atoms. The molecule has 3 amide bonds. The molecular formula is C50H74N2O8. The molecule has 1 aromatic carbocycles. The molecule has 1 aromatic rings. The van der Waals surface area contributed by atoms with Crippen LogP contribution in [0.2, 0.25) is 0 Å². The van der Waals surface area contributed by atoms with E-state index in [1.807, 2.05) is 13.8 Å². The number of imide groups is 1. The van der Waals surface area contributed by atoms with E-state index in [1.54, 1.807) is 17.0 Å². The number of amides is 3. The van der Waals surface area contributed by atoms with Crippen LogP contribution in [-0.4, -0.2) is 75.4 Å². The molecule has 1 heterocycles. The van der Waals surface area contributed by atoms with Gasteiger partial charge in [0.15, 0.2) is 0 Å². The molecule has 0 radical (unpaired) electrons. The first-order valence-electron chi connectivity index (χ1n) is 22.5. The summed E-state index contributed by atoms with van der Waals surface area (Å²) < 4.78 is 6.28. The van der Waals surface area contributed by atoms with Crippen molar-refractivity contribution in [2.75, 3.05) is 19.6 Å². The molecule has 0 unspecified atom stereocenters. The fraction of sp³-hybridized carbons (Fsp3) is 0.740. The van der Waals surface area contributed by atoms with Crippen LogP contribution in [0.1, 0.15) is 157 Å². The number of para-hydroxylation sites is 1. The molecule has 0 aromatic heterocycles. The molecule has 10 heteroatoms. The number of carboxylic acid groups (broad SMARTS) is 1. The highest BCUT2D eigenvalue weighted by Crippen LogP contribution is 2.78. The Balaban J connectivity index is 0.00000604. The van der Waals surface area contributed by atoms with Gasteiger partial charge in [-0.25, -0.2) is 0 Å². The van der Waals surface area contributed by atoms with Gasteiger partial charge in [0.05, 0.1) is 18.4 Å². The zero-order chi connectivity index (χ0) is 43.1. The molecule has 6 aliphatic rings. The second-order valence-electron chi connectivity index (χ2n) is 22.2. The van der Waals surface area contributed by atoms with Crippen molar-refractivity contribution < 1.29 is 38.9 Å². The summed E-state index contributed by atoms with van der Waals surface area (Å²) in [5.74, 6) is -0.287. The molecule has 1 aliphatic heterocycles. The summed E-state index contributed by atoms with van der Waals surface area (Å²) >= 11 is 0. The normalized spacial score (nSPS) is 37.0. The van der Waals surface area contributed by atoms with Crippen LogP contribution < -0.4 is 0 Å². The Bertz CT molecular complexity index is 1900. The topological polar surface area (TPSA) is 142 Å². The fourth-order valence-corrected chi connectivity index (χ4v) is 15.2. The number of phenolic OH excluding ortho intramolecular Hbond substituents is 1. The van der Waals surface area contributed by atoms with Crippen LogP contribution in [0.25, 0.3) is 0 Å². The molecular weight excluding hydrogens is 757 g/mol. The van der Waals surface area contributed by atoms with Crippen molar-refractivity contribution in [1.29, 1.82) is 0 Å². The number of benzene rings is 1. The molecule has 1 saturated heterocycles. The van der Waals surface area contributed by atoms with Crippen molar-refractivity contribution in [3.05, 3.63) is 42.0 Å². The van der Waals surface area contributed by atoms with Gasteiger partial charge in [-0.2, -0.15) is 0 Å². The van der Waals surface area contributed by atoms with Crippen molar-refractivity contribution in [3.8, 4) is 5.75 Å². The van der Waals surface area contributed by atoms with Gasteiger partial charge >= 0.3 is 11.9 Å². The molecule has 6 fully saturated rings. The average Bonchev–Trinajstić information content (AvgIpc) is 3.52. The third-order valence-corrected chi connectivity index (χ3v) is 18.2. The molecule has 5 aliphatic carbocycles. The molecule has 10 nitrogen and oxygen atoms in total. The first kappa shape index (κ1) is 45.8. The van der Waals surface area contributed by atoms with E-state index in [-0.39, 0.29) is 96.3 Å². The van der Waals surface area contributed by atoms with Gasteiger partial charge in [0.25, 0.3) is 5.91 Å². The summed E-state index contributed by atoms with van der Waals surface area (Å²) in [6.45, 7) is 22.9. The van der Waals surface area contributed by atoms with E-state index in [2.05, 4.69) is 48.1 Å². The first-order valence-corrected chi connectivity index (χ1v) is 22.5. The number of carbonyl (C=O) groups is 5. The van der Waals surface area contributed by atoms with E-state index < -0.39 is 23.2 Å². The minimum atomic E-state index is -0.907. The third-order valence-electron chi connectivity index (χ3n) is 18.2. The summed E-state index contributed by atoms with van der Waals surface area (Å²) in [7, 11) is 0. The number of aromatic hydroxyl groups is 1. The molecule has 7 rings (SSSR count). The monoisotopic (exact) mass is 831 g/mol. The largest absolute Gasteiger partial charge is 0.507 e. The number of fused-ring (bicyclic) bond motifs is 7. The van der Waals surface area contributed by atoms with Crippen LogP contribution >= 0.6 is 0 Å². The number of ether oxygens (including phenoxy) is 1. The lowest BCUT2D eigenvalue weighted by molar-refractivity contribution is -0.250. The van der Waals surface area contributed by atoms with Gasteiger partial charge in [-0.1, -0.05) is 80.2 Å². The van der Waals surface area contributed by atoms with Gasteiger partial charge < -0.3 is 19.8 Å². The first-order chi connectivity index (χ1) is 27.5. The van der Waals surface area contributed by atoms with Crippen LogP contribution in [0.4, 0.5) is 0 Å². The van der Waals surface area contributed by atoms with Crippen molar-refractivity contribution in [2.24, 2.45) is 62.1 Å². The molecule has 0 spiro atoms. The Kier molecular flexibility index (Phi) is 12.1. The van der Waals surface area contributed by atoms with Crippen molar-refractivity contribution >= 4 is 29.7 Å². The summed E-state index contributed by atoms with van der Waals surface area (Å²) in [4.78, 5) is 68.5. The predicted octanol–water partition coefficient (Wildman–Crippen LogP) is 9.69. The number of hydrogen-bond acceptors (Lipinski definition) is 7. The second kappa shape index (κ2) is 15.9. The zero-order valence-electron chi connectivity index (χ0n) is 37.0. The van der Waals surface area contributed by atoms with Crippen LogP contribution in [0.15, 0.2) is 36.4 Å². The lowest BCUT2D eigenvalue weighted by Gasteiger charge is -2.73. The van der Waals surface area contributed by atoms with Crippen LogP contribution in [0, 0.1) is 62.1 Å². The Morgan fingerprint density at radius 2 is 1.57 bits per heavy atom. The molecule has 60 heavy (non-hydrogen) atoms. The number of carbonyl (C=O) groups excluding carboxylic acids is 4. The predicted molar refractivity (Wildman–Crippen MR) is 232 cm³/mol. The Labute approximate surface area is 359 Å². The molecule has 332 valence electrons. The van der Waals surface area contributed by atoms with E-state index in [0.29, 0.717) is 36.0 Å². The van der Waals surface area contributed by atoms with Gasteiger partial charge in [0.1, 0.15) is 18.4 Å². The zero-order valence-corrected chi connectivity index (χ0v) is 37.0. The lowest BCUT2D eigenvalue weighted by atomic mass is 9.32. The maximum Gasteiger partial charge on any atom is 0.306 e. The number of aliphatic carboxylic acids is 1. The fourth-order valence-electron chi connectivity index (χ4n) is 15.2. The summed E-state index contributed by atoms with van der Waals surface area (Å²) in [5.41, 5.74) is 0.502. The smallest absolute Gasteiger partial charge is 0.306 e. The highest BCUT2D eigenvalue weighted by Gasteiger charge is 2.71. The molecule has 2 N–H and O–H groups in total. The maximum absolute atomic E-state index is 14.4. The highest BCUT2D eigenvalue weighted by atomic mass is 16.5. The van der Waals surface area contributed by atoms with E-state index in [1.165, 1.54) is 22.6 Å². The highest BCUT2D eigenvalue weighted by molar-refractivity contribution is 6.07. The quantitative estimate of drug-likeness (QED) is 0.142. The van der Waals surface area contributed by atoms with Gasteiger partial charge in [0, 0.05) is 24.9 Å². The number of carboxylic acids is 1. The molecule has 10 atom stereocenters. The second-order valence-corrected chi connectivity index (χ2v) is 22.2. The lowest BCUT2D eigenvalue weighted by Crippen LogP contribution is -2.67. The SMILES string of the molecule is C.C=C(C)[C@@H]1CC[C@]2(CC(=O)N3CCN(C(=O)c4ccccc4O)C(=O)C3)CC[C@]3(C)[C@H](CC[C@@H]4[C@@]5(C)CC[C@H](OC(=O)CC(C)(C)CC(=O)O)C(C)(C)[C@@H]5CC[C@]43C)[C@@H]12. The Hall–Kier alpha value is -3.69.